The van der Waals surface area contributed by atoms with Crippen molar-refractivity contribution in [2.45, 2.75) is 57.3 Å². The molecular formula is C27H41NO3S2. The van der Waals surface area contributed by atoms with Gasteiger partial charge in [0, 0.05) is 33.9 Å². The third-order valence-corrected chi connectivity index (χ3v) is 6.57. The molecule has 0 saturated heterocycles. The molecule has 3 rings (SSSR count). The first-order valence-electron chi connectivity index (χ1n) is 11.0. The first-order chi connectivity index (χ1) is 16.0. The van der Waals surface area contributed by atoms with Crippen molar-refractivity contribution in [3.8, 4) is 5.75 Å². The Kier molecular flexibility index (Phi) is 20.4. The predicted octanol–water partition coefficient (Wildman–Crippen LogP) is 7.62. The number of nitrogens with zero attached hydrogens (tertiary/aromatic N) is 1. The summed E-state index contributed by atoms with van der Waals surface area (Å²) in [5.41, 5.74) is 4.09. The second-order valence-corrected chi connectivity index (χ2v) is 8.45. The SMILES string of the molecule is C=O.C=O.CC.CCCSc1ccc2c(ccn2C)c1CC.COc1cc(C)ccc1SC. The normalized spacial score (nSPS) is 9.09. The maximum atomic E-state index is 8.00. The van der Waals surface area contributed by atoms with Crippen LogP contribution in [0, 0.1) is 6.92 Å². The van der Waals surface area contributed by atoms with Gasteiger partial charge in [-0.25, -0.2) is 0 Å². The molecule has 0 aliphatic heterocycles. The molecule has 0 fully saturated rings. The monoisotopic (exact) mass is 491 g/mol. The summed E-state index contributed by atoms with van der Waals surface area (Å²) in [7, 11) is 3.81. The number of aryl methyl sites for hydroxylation is 3. The summed E-state index contributed by atoms with van der Waals surface area (Å²) in [5.74, 6) is 2.18. The maximum Gasteiger partial charge on any atom is 0.132 e. The minimum absolute atomic E-state index is 0.970. The minimum Gasteiger partial charge on any atom is -0.496 e. The Labute approximate surface area is 209 Å². The smallest absolute Gasteiger partial charge is 0.132 e. The van der Waals surface area contributed by atoms with Gasteiger partial charge in [0.1, 0.15) is 19.3 Å². The molecule has 3 aromatic rings. The molecule has 184 valence electrons. The van der Waals surface area contributed by atoms with Gasteiger partial charge in [-0.1, -0.05) is 33.8 Å². The number of hydrogen-bond acceptors (Lipinski definition) is 5. The molecule has 0 N–H and O–H groups in total. The molecule has 0 bridgehead atoms. The first kappa shape index (κ1) is 33.0. The lowest BCUT2D eigenvalue weighted by atomic mass is 10.1. The molecule has 0 amide bonds. The van der Waals surface area contributed by atoms with E-state index in [1.807, 2.05) is 51.5 Å². The fraction of sp³-hybridized carbons (Fsp3) is 0.407. The molecule has 33 heavy (non-hydrogen) atoms. The van der Waals surface area contributed by atoms with Gasteiger partial charge in [0.2, 0.25) is 0 Å². The number of ether oxygens (including phenoxy) is 1. The minimum atomic E-state index is 0.970. The summed E-state index contributed by atoms with van der Waals surface area (Å²) in [6, 6.07) is 13.0. The average molecular weight is 492 g/mol. The van der Waals surface area contributed by atoms with Crippen molar-refractivity contribution in [3.63, 3.8) is 0 Å². The molecule has 0 atom stereocenters. The van der Waals surface area contributed by atoms with Gasteiger partial charge in [-0.15, -0.1) is 23.5 Å². The number of carbonyl (C=O) groups is 2. The number of hydrogen-bond donors (Lipinski definition) is 0. The van der Waals surface area contributed by atoms with Crippen molar-refractivity contribution >= 4 is 48.0 Å². The van der Waals surface area contributed by atoms with Gasteiger partial charge in [-0.2, -0.15) is 0 Å². The highest BCUT2D eigenvalue weighted by Crippen LogP contribution is 2.31. The van der Waals surface area contributed by atoms with Gasteiger partial charge >= 0.3 is 0 Å². The largest absolute Gasteiger partial charge is 0.496 e. The van der Waals surface area contributed by atoms with E-state index in [1.165, 1.54) is 44.0 Å². The van der Waals surface area contributed by atoms with E-state index in [2.05, 4.69) is 68.9 Å². The fourth-order valence-corrected chi connectivity index (χ4v) is 4.61. The third-order valence-electron chi connectivity index (χ3n) is 4.49. The zero-order valence-electron chi connectivity index (χ0n) is 21.6. The van der Waals surface area contributed by atoms with Crippen LogP contribution in [0.3, 0.4) is 0 Å². The molecule has 0 unspecified atom stereocenters. The van der Waals surface area contributed by atoms with Gasteiger partial charge in [-0.05, 0) is 73.2 Å². The lowest BCUT2D eigenvalue weighted by Gasteiger charge is -2.09. The molecule has 0 aliphatic carbocycles. The van der Waals surface area contributed by atoms with Crippen LogP contribution in [0.25, 0.3) is 10.9 Å². The van der Waals surface area contributed by atoms with Crippen LogP contribution in [0.5, 0.6) is 5.75 Å². The predicted molar refractivity (Wildman–Crippen MR) is 148 cm³/mol. The average Bonchev–Trinajstić information content (AvgIpc) is 3.27. The molecule has 0 aliphatic rings. The van der Waals surface area contributed by atoms with Crippen molar-refractivity contribution in [1.29, 1.82) is 0 Å². The Balaban J connectivity index is 0. The zero-order chi connectivity index (χ0) is 25.8. The van der Waals surface area contributed by atoms with Crippen molar-refractivity contribution in [2.75, 3.05) is 19.1 Å². The third kappa shape index (κ3) is 10.5. The van der Waals surface area contributed by atoms with Gasteiger partial charge in [-0.3, -0.25) is 0 Å². The van der Waals surface area contributed by atoms with Crippen LogP contribution in [-0.4, -0.2) is 37.3 Å². The standard InChI is InChI=1S/C14H19NS.C9H12OS.C2H6.2CH2O/c1-4-10-16-14-7-6-13-12(11(14)5-2)8-9-15(13)3;1-7-4-5-9(11-3)8(6-7)10-2;3*1-2/h6-9H,4-5,10H2,1-3H3;4-6H,1-3H3;1-2H3;2*1H2. The quantitative estimate of drug-likeness (QED) is 0.332. The second-order valence-electron chi connectivity index (χ2n) is 6.46. The Bertz CT molecular complexity index is 908. The van der Waals surface area contributed by atoms with E-state index in [-0.39, 0.29) is 0 Å². The number of thioether (sulfide) groups is 2. The summed E-state index contributed by atoms with van der Waals surface area (Å²) < 4.78 is 7.39. The first-order valence-corrected chi connectivity index (χ1v) is 13.2. The molecule has 0 saturated carbocycles. The molecule has 4 nitrogen and oxygen atoms in total. The van der Waals surface area contributed by atoms with Crippen LogP contribution in [0.2, 0.25) is 0 Å². The fourth-order valence-electron chi connectivity index (χ4n) is 3.05. The van der Waals surface area contributed by atoms with Crippen LogP contribution in [0.15, 0.2) is 52.4 Å². The van der Waals surface area contributed by atoms with Crippen LogP contribution in [0.4, 0.5) is 0 Å². The molecule has 1 aromatic heterocycles. The number of fused-ring (bicyclic) bond motifs is 1. The van der Waals surface area contributed by atoms with Crippen LogP contribution < -0.4 is 4.74 Å². The Morgan fingerprint density at radius 3 is 2.09 bits per heavy atom. The highest BCUT2D eigenvalue weighted by Gasteiger charge is 2.08. The summed E-state index contributed by atoms with van der Waals surface area (Å²) in [4.78, 5) is 18.7. The molecule has 0 spiro atoms. The Morgan fingerprint density at radius 1 is 0.970 bits per heavy atom. The van der Waals surface area contributed by atoms with E-state index < -0.39 is 0 Å². The molecule has 6 heteroatoms. The van der Waals surface area contributed by atoms with E-state index in [0.717, 1.165) is 12.2 Å². The van der Waals surface area contributed by atoms with Crippen molar-refractivity contribution < 1.29 is 14.3 Å². The van der Waals surface area contributed by atoms with Crippen LogP contribution in [-0.2, 0) is 23.1 Å². The van der Waals surface area contributed by atoms with E-state index in [4.69, 9.17) is 14.3 Å². The zero-order valence-corrected chi connectivity index (χ0v) is 23.2. The molecule has 1 heterocycles. The number of methoxy groups -OCH3 is 1. The summed E-state index contributed by atoms with van der Waals surface area (Å²) in [5, 5.41) is 1.42. The highest BCUT2D eigenvalue weighted by molar-refractivity contribution is 7.99. The number of rotatable bonds is 6. The van der Waals surface area contributed by atoms with E-state index in [9.17, 15) is 0 Å². The topological polar surface area (TPSA) is 48.3 Å². The van der Waals surface area contributed by atoms with Gasteiger partial charge in [0.25, 0.3) is 0 Å². The van der Waals surface area contributed by atoms with Gasteiger partial charge in [0.15, 0.2) is 0 Å². The number of carbonyl (C=O) groups excluding carboxylic acids is 2. The summed E-state index contributed by atoms with van der Waals surface area (Å²) in [6.07, 6.45) is 6.55. The maximum absolute atomic E-state index is 8.00. The van der Waals surface area contributed by atoms with Gasteiger partial charge in [0.05, 0.1) is 7.11 Å². The van der Waals surface area contributed by atoms with Crippen LogP contribution >= 0.6 is 23.5 Å². The molecule has 2 aromatic carbocycles. The second kappa shape index (κ2) is 20.4. The van der Waals surface area contributed by atoms with Crippen molar-refractivity contribution in [2.24, 2.45) is 7.05 Å². The lowest BCUT2D eigenvalue weighted by molar-refractivity contribution is -0.0987. The van der Waals surface area contributed by atoms with E-state index in [1.54, 1.807) is 18.9 Å². The number of aromatic nitrogens is 1. The Morgan fingerprint density at radius 2 is 1.58 bits per heavy atom. The lowest BCUT2D eigenvalue weighted by Crippen LogP contribution is -1.90. The van der Waals surface area contributed by atoms with Gasteiger partial charge < -0.3 is 18.9 Å². The van der Waals surface area contributed by atoms with Crippen molar-refractivity contribution in [1.82, 2.24) is 4.57 Å². The van der Waals surface area contributed by atoms with Crippen molar-refractivity contribution in [3.05, 3.63) is 53.7 Å². The molecule has 0 radical (unpaired) electrons. The Hall–Kier alpha value is -2.18. The number of benzene rings is 2. The summed E-state index contributed by atoms with van der Waals surface area (Å²) >= 11 is 3.69. The summed E-state index contributed by atoms with van der Waals surface area (Å²) in [6.45, 7) is 14.5. The highest BCUT2D eigenvalue weighted by atomic mass is 32.2. The van der Waals surface area contributed by atoms with Crippen LogP contribution in [0.1, 0.15) is 45.2 Å². The van der Waals surface area contributed by atoms with E-state index in [0.29, 0.717) is 0 Å². The van der Waals surface area contributed by atoms with E-state index >= 15 is 0 Å². The molecular weight excluding hydrogens is 450 g/mol.